The molecule has 0 bridgehead atoms. The third-order valence-electron chi connectivity index (χ3n) is 7.76. The van der Waals surface area contributed by atoms with E-state index in [1.165, 1.54) is 47.1 Å². The van der Waals surface area contributed by atoms with Crippen molar-refractivity contribution in [1.29, 1.82) is 0 Å². The van der Waals surface area contributed by atoms with Crippen LogP contribution in [0.5, 0.6) is 11.5 Å². The molecule has 0 aliphatic heterocycles. The number of aryl methyl sites for hydroxylation is 1. The second-order valence-electron chi connectivity index (χ2n) is 12.7. The number of amides is 6. The Kier molecular flexibility index (Phi) is 14.1. The molecule has 3 atom stereocenters. The van der Waals surface area contributed by atoms with Crippen LogP contribution in [-0.4, -0.2) is 107 Å². The van der Waals surface area contributed by atoms with E-state index in [0.717, 1.165) is 5.56 Å². The Labute approximate surface area is 282 Å². The van der Waals surface area contributed by atoms with Crippen LogP contribution in [0.1, 0.15) is 45.2 Å². The number of nitrogens with zero attached hydrogens (tertiary/aromatic N) is 3. The highest BCUT2D eigenvalue weighted by Crippen LogP contribution is 2.29. The van der Waals surface area contributed by atoms with Crippen molar-refractivity contribution in [2.24, 2.45) is 11.8 Å². The zero-order valence-electron chi connectivity index (χ0n) is 29.1. The number of carbonyl (C=O) groups is 4. The van der Waals surface area contributed by atoms with E-state index in [9.17, 15) is 34.5 Å². The summed E-state index contributed by atoms with van der Waals surface area (Å²) in [6, 6.07) is 10.7. The lowest BCUT2D eigenvalue weighted by Gasteiger charge is -2.37. The molecule has 6 amide bonds. The number of hydrogen-bond donors (Lipinski definition) is 7. The first-order valence-corrected chi connectivity index (χ1v) is 15.7. The van der Waals surface area contributed by atoms with Crippen molar-refractivity contribution in [3.8, 4) is 11.5 Å². The van der Waals surface area contributed by atoms with Crippen molar-refractivity contribution < 1.29 is 34.5 Å². The van der Waals surface area contributed by atoms with Gasteiger partial charge in [0.05, 0.1) is 12.2 Å². The third kappa shape index (κ3) is 10.8. The summed E-state index contributed by atoms with van der Waals surface area (Å²) >= 11 is 0. The number of aromatic hydroxyl groups is 2. The molecule has 7 N–H and O–H groups in total. The van der Waals surface area contributed by atoms with Crippen LogP contribution >= 0.6 is 0 Å². The minimum absolute atomic E-state index is 0.0902. The fourth-order valence-electron chi connectivity index (χ4n) is 4.53. The maximum absolute atomic E-state index is 13.8. The summed E-state index contributed by atoms with van der Waals surface area (Å²) in [6.07, 6.45) is 0.828. The van der Waals surface area contributed by atoms with Gasteiger partial charge in [-0.3, -0.25) is 20.0 Å². The molecular weight excluding hydrogens is 618 g/mol. The molecule has 264 valence electrons. The first-order valence-electron chi connectivity index (χ1n) is 15.7. The van der Waals surface area contributed by atoms with Gasteiger partial charge in [0.2, 0.25) is 5.72 Å². The molecule has 0 aliphatic carbocycles. The van der Waals surface area contributed by atoms with Gasteiger partial charge in [0.25, 0.3) is 11.8 Å². The summed E-state index contributed by atoms with van der Waals surface area (Å²) in [4.78, 5) is 55.0. The molecule has 0 radical (unpaired) electrons. The maximum atomic E-state index is 13.8. The minimum atomic E-state index is -2.28. The number of phenolic OH excluding ortho intramolecular Hbond substituents is 2. The molecule has 0 saturated heterocycles. The molecule has 2 aromatic carbocycles. The average Bonchev–Trinajstić information content (AvgIpc) is 3.02. The molecule has 0 unspecified atom stereocenters. The van der Waals surface area contributed by atoms with Crippen LogP contribution in [0.15, 0.2) is 55.1 Å². The lowest BCUT2D eigenvalue weighted by molar-refractivity contribution is -0.148. The Bertz CT molecular complexity index is 1430. The smallest absolute Gasteiger partial charge is 0.319 e. The molecule has 0 saturated carbocycles. The monoisotopic (exact) mass is 669 g/mol. The zero-order chi connectivity index (χ0) is 36.3. The number of hydrogen-bond acceptors (Lipinski definition) is 8. The van der Waals surface area contributed by atoms with Gasteiger partial charge >= 0.3 is 12.1 Å². The summed E-state index contributed by atoms with van der Waals surface area (Å²) in [6.45, 7) is 10.8. The van der Waals surface area contributed by atoms with E-state index in [1.807, 2.05) is 30.3 Å². The highest BCUT2D eigenvalue weighted by atomic mass is 16.3. The number of phenols is 2. The Hall–Kier alpha value is -4.98. The standard InChI is InChI=1S/C34H51N7O7/c1-21(2)29(36-32(46)39(6)7)30(44)38-41(23(5)25-16-18-27(42)28(43)19-25)20-26(17-15-24-13-11-10-12-14-24)35-31(45)34(48,22(3)4)37-33(47)40(8)9/h10-14,16,18-19,21-22,26,29,42-43,48H,5,15,17,20H2,1-4,6-9H3,(H,35,45)(H,36,46)(H,37,47)(H,38,44)/t26-,29-,34+/m0/s1. The second-order valence-corrected chi connectivity index (χ2v) is 12.7. The summed E-state index contributed by atoms with van der Waals surface area (Å²) in [5.74, 6) is -3.25. The summed E-state index contributed by atoms with van der Waals surface area (Å²) in [5.41, 5.74) is 2.04. The van der Waals surface area contributed by atoms with Crippen molar-refractivity contribution >= 4 is 29.6 Å². The number of benzene rings is 2. The van der Waals surface area contributed by atoms with Gasteiger partial charge in [0, 0.05) is 45.7 Å². The molecule has 14 heteroatoms. The Morgan fingerprint density at radius 1 is 0.854 bits per heavy atom. The molecule has 14 nitrogen and oxygen atoms in total. The first kappa shape index (κ1) is 39.2. The van der Waals surface area contributed by atoms with Gasteiger partial charge < -0.3 is 41.1 Å². The van der Waals surface area contributed by atoms with Crippen molar-refractivity contribution in [1.82, 2.24) is 36.2 Å². The molecule has 2 rings (SSSR count). The molecule has 0 spiro atoms. The minimum Gasteiger partial charge on any atom is -0.504 e. The average molecular weight is 670 g/mol. The molecule has 2 aromatic rings. The third-order valence-corrected chi connectivity index (χ3v) is 7.76. The molecule has 0 heterocycles. The van der Waals surface area contributed by atoms with Crippen molar-refractivity contribution in [3.63, 3.8) is 0 Å². The lowest BCUT2D eigenvalue weighted by Crippen LogP contribution is -2.65. The van der Waals surface area contributed by atoms with Gasteiger partial charge in [-0.1, -0.05) is 64.6 Å². The van der Waals surface area contributed by atoms with Crippen molar-refractivity contribution in [2.75, 3.05) is 34.7 Å². The van der Waals surface area contributed by atoms with Gasteiger partial charge in [-0.25, -0.2) is 9.59 Å². The zero-order valence-corrected chi connectivity index (χ0v) is 29.1. The topological polar surface area (TPSA) is 187 Å². The summed E-state index contributed by atoms with van der Waals surface area (Å²) in [5, 5.41) is 40.9. The predicted molar refractivity (Wildman–Crippen MR) is 183 cm³/mol. The van der Waals surface area contributed by atoms with E-state index < -0.39 is 53.4 Å². The van der Waals surface area contributed by atoms with Gasteiger partial charge in [-0.15, -0.1) is 0 Å². The van der Waals surface area contributed by atoms with E-state index in [1.54, 1.807) is 41.8 Å². The normalized spacial score (nSPS) is 13.5. The number of carbonyl (C=O) groups excluding carboxylic acids is 4. The molecular formula is C34H51N7O7. The number of nitrogens with one attached hydrogen (secondary N) is 4. The van der Waals surface area contributed by atoms with Crippen molar-refractivity contribution in [2.45, 2.75) is 58.3 Å². The number of hydrazine groups is 1. The van der Waals surface area contributed by atoms with Crippen LogP contribution in [0.2, 0.25) is 0 Å². The highest BCUT2D eigenvalue weighted by Gasteiger charge is 2.42. The fraction of sp³-hybridized carbons (Fsp3) is 0.471. The second kappa shape index (κ2) is 17.3. The van der Waals surface area contributed by atoms with Crippen LogP contribution in [0.25, 0.3) is 5.70 Å². The highest BCUT2D eigenvalue weighted by molar-refractivity contribution is 5.90. The predicted octanol–water partition coefficient (Wildman–Crippen LogP) is 2.43. The van der Waals surface area contributed by atoms with Crippen LogP contribution in [0, 0.1) is 11.8 Å². The quantitative estimate of drug-likeness (QED) is 0.0856. The van der Waals surface area contributed by atoms with E-state index in [-0.39, 0.29) is 23.9 Å². The maximum Gasteiger partial charge on any atom is 0.319 e. The number of rotatable bonds is 15. The number of aliphatic hydroxyl groups is 1. The van der Waals surface area contributed by atoms with Gasteiger partial charge in [-0.05, 0) is 42.5 Å². The Morgan fingerprint density at radius 2 is 1.46 bits per heavy atom. The van der Waals surface area contributed by atoms with E-state index in [0.29, 0.717) is 18.4 Å². The first-order chi connectivity index (χ1) is 22.4. The van der Waals surface area contributed by atoms with Gasteiger partial charge in [0.15, 0.2) is 11.5 Å². The van der Waals surface area contributed by atoms with Gasteiger partial charge in [0.1, 0.15) is 6.04 Å². The van der Waals surface area contributed by atoms with Crippen LogP contribution in [-0.2, 0) is 16.0 Å². The molecule has 48 heavy (non-hydrogen) atoms. The Balaban J connectivity index is 2.55. The molecule has 0 fully saturated rings. The van der Waals surface area contributed by atoms with Crippen LogP contribution in [0.3, 0.4) is 0 Å². The molecule has 0 aliphatic rings. The van der Waals surface area contributed by atoms with E-state index in [4.69, 9.17) is 0 Å². The van der Waals surface area contributed by atoms with Crippen LogP contribution < -0.4 is 21.4 Å². The largest absolute Gasteiger partial charge is 0.504 e. The summed E-state index contributed by atoms with van der Waals surface area (Å²) < 4.78 is 0. The van der Waals surface area contributed by atoms with Crippen LogP contribution in [0.4, 0.5) is 9.59 Å². The van der Waals surface area contributed by atoms with E-state index in [2.05, 4.69) is 28.0 Å². The SMILES string of the molecule is C=C(c1ccc(O)c(O)c1)N(C[C@H](CCc1ccccc1)NC(=O)[C@@](O)(NC(=O)N(C)C)C(C)C)NC(=O)[C@@H](NC(=O)N(C)C)C(C)C. The number of urea groups is 2. The Morgan fingerprint density at radius 3 is 1.98 bits per heavy atom. The molecule has 0 aromatic heterocycles. The van der Waals surface area contributed by atoms with Crippen molar-refractivity contribution in [3.05, 3.63) is 66.2 Å². The lowest BCUT2D eigenvalue weighted by atomic mass is 9.97. The van der Waals surface area contributed by atoms with E-state index >= 15 is 0 Å². The van der Waals surface area contributed by atoms with Gasteiger partial charge in [-0.2, -0.15) is 0 Å². The summed E-state index contributed by atoms with van der Waals surface area (Å²) in [7, 11) is 6.06. The fourth-order valence-corrected chi connectivity index (χ4v) is 4.53.